The molecule has 0 bridgehead atoms. The highest BCUT2D eigenvalue weighted by Crippen LogP contribution is 2.23. The molecule has 1 aliphatic rings. The Labute approximate surface area is 91.3 Å². The van der Waals surface area contributed by atoms with Gasteiger partial charge in [-0.05, 0) is 6.54 Å². The summed E-state index contributed by atoms with van der Waals surface area (Å²) in [5.74, 6) is 0. The molecule has 0 radical (unpaired) electrons. The molecule has 0 aliphatic carbocycles. The SMILES string of the molecule is CCN1CC(n2cc(C(C)(C)C)nn2)C1. The fraction of sp³-hybridized carbons (Fsp3) is 0.818. The second kappa shape index (κ2) is 3.59. The van der Waals surface area contributed by atoms with Crippen molar-refractivity contribution in [3.8, 4) is 0 Å². The monoisotopic (exact) mass is 208 g/mol. The van der Waals surface area contributed by atoms with Gasteiger partial charge in [0.05, 0.1) is 11.7 Å². The number of hydrogen-bond donors (Lipinski definition) is 0. The van der Waals surface area contributed by atoms with Crippen molar-refractivity contribution in [1.29, 1.82) is 0 Å². The maximum Gasteiger partial charge on any atom is 0.0880 e. The highest BCUT2D eigenvalue weighted by Gasteiger charge is 2.28. The number of likely N-dealkylation sites (N-methyl/N-ethyl adjacent to an activating group) is 1. The number of nitrogens with zero attached hydrogens (tertiary/aromatic N) is 4. The van der Waals surface area contributed by atoms with Gasteiger partial charge in [0.25, 0.3) is 0 Å². The van der Waals surface area contributed by atoms with Crippen LogP contribution < -0.4 is 0 Å². The van der Waals surface area contributed by atoms with Crippen LogP contribution in [-0.2, 0) is 5.41 Å². The first kappa shape index (κ1) is 10.6. The lowest BCUT2D eigenvalue weighted by atomic mass is 9.93. The van der Waals surface area contributed by atoms with E-state index < -0.39 is 0 Å². The molecular formula is C11H20N4. The van der Waals surface area contributed by atoms with Crippen LogP contribution in [0.2, 0.25) is 0 Å². The van der Waals surface area contributed by atoms with E-state index >= 15 is 0 Å². The molecule has 15 heavy (non-hydrogen) atoms. The second-order valence-electron chi connectivity index (χ2n) is 5.34. The molecule has 0 aromatic carbocycles. The van der Waals surface area contributed by atoms with Gasteiger partial charge >= 0.3 is 0 Å². The lowest BCUT2D eigenvalue weighted by molar-refractivity contribution is 0.104. The molecule has 84 valence electrons. The topological polar surface area (TPSA) is 34.0 Å². The van der Waals surface area contributed by atoms with Crippen LogP contribution in [0.25, 0.3) is 0 Å². The Morgan fingerprint density at radius 1 is 1.40 bits per heavy atom. The third kappa shape index (κ3) is 2.04. The van der Waals surface area contributed by atoms with E-state index in [9.17, 15) is 0 Å². The number of hydrogen-bond acceptors (Lipinski definition) is 3. The average Bonchev–Trinajstić information content (AvgIpc) is 2.50. The molecule has 2 heterocycles. The van der Waals surface area contributed by atoms with E-state index in [1.54, 1.807) is 0 Å². The Balaban J connectivity index is 2.03. The summed E-state index contributed by atoms with van der Waals surface area (Å²) in [6, 6.07) is 0.536. The van der Waals surface area contributed by atoms with Crippen molar-refractivity contribution in [3.63, 3.8) is 0 Å². The zero-order valence-electron chi connectivity index (χ0n) is 10.1. The summed E-state index contributed by atoms with van der Waals surface area (Å²) in [5.41, 5.74) is 1.18. The van der Waals surface area contributed by atoms with Gasteiger partial charge in [0.15, 0.2) is 0 Å². The normalized spacial score (nSPS) is 19.2. The zero-order chi connectivity index (χ0) is 11.1. The first-order valence-electron chi connectivity index (χ1n) is 5.65. The minimum atomic E-state index is 0.104. The zero-order valence-corrected chi connectivity index (χ0v) is 10.1. The number of aromatic nitrogens is 3. The van der Waals surface area contributed by atoms with Crippen LogP contribution in [0.5, 0.6) is 0 Å². The van der Waals surface area contributed by atoms with Gasteiger partial charge in [-0.2, -0.15) is 0 Å². The van der Waals surface area contributed by atoms with E-state index in [-0.39, 0.29) is 5.41 Å². The number of likely N-dealkylation sites (tertiary alicyclic amines) is 1. The van der Waals surface area contributed by atoms with Gasteiger partial charge in [0.2, 0.25) is 0 Å². The van der Waals surface area contributed by atoms with E-state index in [0.29, 0.717) is 6.04 Å². The van der Waals surface area contributed by atoms with Crippen molar-refractivity contribution < 1.29 is 0 Å². The van der Waals surface area contributed by atoms with Crippen LogP contribution in [0.15, 0.2) is 6.20 Å². The summed E-state index contributed by atoms with van der Waals surface area (Å²) in [5, 5.41) is 8.45. The molecule has 1 aliphatic heterocycles. The van der Waals surface area contributed by atoms with Crippen LogP contribution in [0, 0.1) is 0 Å². The van der Waals surface area contributed by atoms with Gasteiger partial charge in [0.1, 0.15) is 0 Å². The van der Waals surface area contributed by atoms with Crippen molar-refractivity contribution in [2.24, 2.45) is 0 Å². The van der Waals surface area contributed by atoms with E-state index in [4.69, 9.17) is 0 Å². The van der Waals surface area contributed by atoms with Crippen LogP contribution in [0.3, 0.4) is 0 Å². The summed E-state index contributed by atoms with van der Waals surface area (Å²) >= 11 is 0. The molecule has 1 saturated heterocycles. The van der Waals surface area contributed by atoms with E-state index in [1.165, 1.54) is 0 Å². The fourth-order valence-electron chi connectivity index (χ4n) is 1.77. The highest BCUT2D eigenvalue weighted by atomic mass is 15.5. The summed E-state index contributed by atoms with van der Waals surface area (Å²) in [4.78, 5) is 2.41. The highest BCUT2D eigenvalue weighted by molar-refractivity contribution is 5.07. The molecule has 0 saturated carbocycles. The van der Waals surface area contributed by atoms with Crippen molar-refractivity contribution in [1.82, 2.24) is 19.9 Å². The predicted octanol–water partition coefficient (Wildman–Crippen LogP) is 1.45. The first-order valence-corrected chi connectivity index (χ1v) is 5.65. The standard InChI is InChI=1S/C11H20N4/c1-5-14-6-9(7-14)15-8-10(12-13-15)11(2,3)4/h8-9H,5-7H2,1-4H3. The van der Waals surface area contributed by atoms with Gasteiger partial charge < -0.3 is 0 Å². The summed E-state index contributed by atoms with van der Waals surface area (Å²) in [6.45, 7) is 12.1. The van der Waals surface area contributed by atoms with Gasteiger partial charge in [-0.25, -0.2) is 4.68 Å². The maximum atomic E-state index is 4.24. The Morgan fingerprint density at radius 3 is 2.53 bits per heavy atom. The van der Waals surface area contributed by atoms with Crippen molar-refractivity contribution in [3.05, 3.63) is 11.9 Å². The molecule has 0 atom stereocenters. The summed E-state index contributed by atoms with van der Waals surface area (Å²) < 4.78 is 2.02. The Hall–Kier alpha value is -0.900. The minimum absolute atomic E-state index is 0.104. The molecule has 4 nitrogen and oxygen atoms in total. The van der Waals surface area contributed by atoms with Crippen molar-refractivity contribution in [2.45, 2.75) is 39.2 Å². The molecule has 1 fully saturated rings. The maximum absolute atomic E-state index is 4.24. The van der Waals surface area contributed by atoms with Crippen LogP contribution in [0.1, 0.15) is 39.4 Å². The summed E-state index contributed by atoms with van der Waals surface area (Å²) in [7, 11) is 0. The van der Waals surface area contributed by atoms with Gasteiger partial charge in [-0.3, -0.25) is 4.90 Å². The predicted molar refractivity (Wildman–Crippen MR) is 59.9 cm³/mol. The fourth-order valence-corrected chi connectivity index (χ4v) is 1.77. The largest absolute Gasteiger partial charge is 0.299 e. The van der Waals surface area contributed by atoms with Crippen LogP contribution in [-0.4, -0.2) is 39.5 Å². The quantitative estimate of drug-likeness (QED) is 0.737. The molecule has 4 heteroatoms. The third-order valence-electron chi connectivity index (χ3n) is 3.04. The minimum Gasteiger partial charge on any atom is -0.299 e. The van der Waals surface area contributed by atoms with Crippen LogP contribution >= 0.6 is 0 Å². The Kier molecular flexibility index (Phi) is 2.54. The molecule has 1 aromatic heterocycles. The average molecular weight is 208 g/mol. The first-order chi connectivity index (χ1) is 7.00. The number of rotatable bonds is 2. The molecule has 1 aromatic rings. The molecule has 2 rings (SSSR count). The van der Waals surface area contributed by atoms with Gasteiger partial charge in [0, 0.05) is 24.7 Å². The molecule has 0 spiro atoms. The molecular weight excluding hydrogens is 188 g/mol. The lowest BCUT2D eigenvalue weighted by Gasteiger charge is -2.38. The molecule has 0 unspecified atom stereocenters. The summed E-state index contributed by atoms with van der Waals surface area (Å²) in [6.07, 6.45) is 2.09. The van der Waals surface area contributed by atoms with E-state index in [0.717, 1.165) is 25.3 Å². The second-order valence-corrected chi connectivity index (χ2v) is 5.34. The Morgan fingerprint density at radius 2 is 2.07 bits per heavy atom. The van der Waals surface area contributed by atoms with Gasteiger partial charge in [-0.1, -0.05) is 32.9 Å². The van der Waals surface area contributed by atoms with Gasteiger partial charge in [-0.15, -0.1) is 5.10 Å². The van der Waals surface area contributed by atoms with Crippen molar-refractivity contribution >= 4 is 0 Å². The molecule has 0 N–H and O–H groups in total. The smallest absolute Gasteiger partial charge is 0.0880 e. The van der Waals surface area contributed by atoms with E-state index in [1.807, 2.05) is 4.68 Å². The molecule has 0 amide bonds. The lowest BCUT2D eigenvalue weighted by Crippen LogP contribution is -2.47. The third-order valence-corrected chi connectivity index (χ3v) is 3.04. The van der Waals surface area contributed by atoms with Crippen LogP contribution in [0.4, 0.5) is 0 Å². The van der Waals surface area contributed by atoms with Crippen molar-refractivity contribution in [2.75, 3.05) is 19.6 Å². The Bertz CT molecular complexity index is 331. The van der Waals surface area contributed by atoms with E-state index in [2.05, 4.69) is 49.1 Å².